The number of carbonyl (C=O) groups is 1. The zero-order valence-electron chi connectivity index (χ0n) is 11.1. The van der Waals surface area contributed by atoms with Gasteiger partial charge in [0.1, 0.15) is 22.3 Å². The number of aromatic nitrogens is 2. The number of anilines is 1. The number of nitrogens with one attached hydrogen (secondary N) is 2. The van der Waals surface area contributed by atoms with Gasteiger partial charge in [0.15, 0.2) is 0 Å². The summed E-state index contributed by atoms with van der Waals surface area (Å²) in [6.07, 6.45) is 0. The minimum Gasteiger partial charge on any atom is -0.358 e. The third kappa shape index (κ3) is 5.00. The summed E-state index contributed by atoms with van der Waals surface area (Å²) in [5, 5.41) is 5.93. The zero-order chi connectivity index (χ0) is 13.7. The fourth-order valence-corrected chi connectivity index (χ4v) is 1.82. The molecule has 0 fully saturated rings. The molecule has 0 aromatic carbocycles. The highest BCUT2D eigenvalue weighted by atomic mass is 79.9. The van der Waals surface area contributed by atoms with Crippen LogP contribution in [0, 0.1) is 12.8 Å². The Balaban J connectivity index is 2.58. The Morgan fingerprint density at radius 3 is 2.61 bits per heavy atom. The van der Waals surface area contributed by atoms with Crippen molar-refractivity contribution < 1.29 is 4.79 Å². The van der Waals surface area contributed by atoms with E-state index in [2.05, 4.69) is 50.4 Å². The van der Waals surface area contributed by atoms with E-state index in [-0.39, 0.29) is 11.9 Å². The third-order valence-corrected chi connectivity index (χ3v) is 2.66. The van der Waals surface area contributed by atoms with E-state index in [0.29, 0.717) is 28.7 Å². The van der Waals surface area contributed by atoms with E-state index < -0.39 is 0 Å². The van der Waals surface area contributed by atoms with Crippen LogP contribution in [0.3, 0.4) is 0 Å². The summed E-state index contributed by atoms with van der Waals surface area (Å²) in [6.45, 7) is 8.41. The quantitative estimate of drug-likeness (QED) is 0.817. The first-order chi connectivity index (χ1) is 8.38. The lowest BCUT2D eigenvalue weighted by molar-refractivity contribution is -0.121. The lowest BCUT2D eigenvalue weighted by Gasteiger charge is -2.15. The number of aryl methyl sites for hydroxylation is 1. The molecule has 5 nitrogen and oxygen atoms in total. The molecule has 1 rings (SSSR count). The molecular formula is C12H19BrN4O. The van der Waals surface area contributed by atoms with Gasteiger partial charge in [0.2, 0.25) is 5.91 Å². The number of hydrogen-bond donors (Lipinski definition) is 2. The van der Waals surface area contributed by atoms with Gasteiger partial charge in [-0.2, -0.15) is 0 Å². The van der Waals surface area contributed by atoms with Crippen LogP contribution in [0.25, 0.3) is 0 Å². The van der Waals surface area contributed by atoms with Crippen LogP contribution < -0.4 is 10.6 Å². The van der Waals surface area contributed by atoms with Crippen LogP contribution in [0.4, 0.5) is 5.82 Å². The summed E-state index contributed by atoms with van der Waals surface area (Å²) in [7, 11) is 0. The zero-order valence-corrected chi connectivity index (χ0v) is 12.7. The summed E-state index contributed by atoms with van der Waals surface area (Å²) in [6, 6.07) is 1.42. The monoisotopic (exact) mass is 314 g/mol. The van der Waals surface area contributed by atoms with Gasteiger partial charge in [0, 0.05) is 12.6 Å². The third-order valence-electron chi connectivity index (χ3n) is 2.25. The second-order valence-electron chi connectivity index (χ2n) is 4.63. The molecule has 0 bridgehead atoms. The molecule has 1 amide bonds. The Morgan fingerprint density at radius 1 is 1.39 bits per heavy atom. The van der Waals surface area contributed by atoms with Gasteiger partial charge in [-0.05, 0) is 35.7 Å². The Morgan fingerprint density at radius 2 is 2.06 bits per heavy atom. The maximum atomic E-state index is 11.8. The number of halogens is 1. The highest BCUT2D eigenvalue weighted by Crippen LogP contribution is 2.12. The lowest BCUT2D eigenvalue weighted by Crippen LogP contribution is -2.39. The van der Waals surface area contributed by atoms with Crippen LogP contribution in [0.15, 0.2) is 10.7 Å². The number of nitrogens with zero attached hydrogens (tertiary/aromatic N) is 2. The first-order valence-electron chi connectivity index (χ1n) is 5.94. The van der Waals surface area contributed by atoms with Crippen LogP contribution in [0.2, 0.25) is 0 Å². The van der Waals surface area contributed by atoms with Crippen molar-refractivity contribution in [1.82, 2.24) is 15.3 Å². The standard InChI is InChI=1S/C12H19BrN4O/c1-7(2)6-14-12(18)8(3)15-11-5-10(13)16-9(4)17-11/h5,7-8H,6H2,1-4H3,(H,14,18)(H,15,16,17). The highest BCUT2D eigenvalue weighted by molar-refractivity contribution is 9.10. The van der Waals surface area contributed by atoms with Gasteiger partial charge >= 0.3 is 0 Å². The number of hydrogen-bond acceptors (Lipinski definition) is 4. The van der Waals surface area contributed by atoms with E-state index in [9.17, 15) is 4.79 Å². The molecule has 0 aliphatic carbocycles. The Hall–Kier alpha value is -1.17. The first kappa shape index (κ1) is 14.9. The van der Waals surface area contributed by atoms with Crippen LogP contribution in [-0.2, 0) is 4.79 Å². The van der Waals surface area contributed by atoms with Crippen LogP contribution >= 0.6 is 15.9 Å². The van der Waals surface area contributed by atoms with Gasteiger partial charge in [-0.3, -0.25) is 4.79 Å². The second-order valence-corrected chi connectivity index (χ2v) is 5.44. The van der Waals surface area contributed by atoms with E-state index in [1.165, 1.54) is 0 Å². The highest BCUT2D eigenvalue weighted by Gasteiger charge is 2.13. The molecular weight excluding hydrogens is 296 g/mol. The minimum atomic E-state index is -0.329. The van der Waals surface area contributed by atoms with Crippen molar-refractivity contribution in [3.8, 4) is 0 Å². The normalized spacial score (nSPS) is 12.3. The SMILES string of the molecule is Cc1nc(Br)cc(NC(C)C(=O)NCC(C)C)n1. The number of rotatable bonds is 5. The maximum Gasteiger partial charge on any atom is 0.242 e. The van der Waals surface area contributed by atoms with E-state index in [1.54, 1.807) is 19.9 Å². The molecule has 0 saturated heterocycles. The van der Waals surface area contributed by atoms with Gasteiger partial charge < -0.3 is 10.6 Å². The largest absolute Gasteiger partial charge is 0.358 e. The molecule has 1 heterocycles. The molecule has 1 aromatic rings. The van der Waals surface area contributed by atoms with E-state index >= 15 is 0 Å². The van der Waals surface area contributed by atoms with Crippen molar-refractivity contribution in [3.63, 3.8) is 0 Å². The van der Waals surface area contributed by atoms with Crippen molar-refractivity contribution in [3.05, 3.63) is 16.5 Å². The summed E-state index contributed by atoms with van der Waals surface area (Å²) in [5.74, 6) is 1.70. The molecule has 0 aliphatic rings. The molecule has 0 spiro atoms. The fraction of sp³-hybridized carbons (Fsp3) is 0.583. The molecule has 100 valence electrons. The average molecular weight is 315 g/mol. The second kappa shape index (κ2) is 6.68. The van der Waals surface area contributed by atoms with E-state index in [4.69, 9.17) is 0 Å². The van der Waals surface area contributed by atoms with E-state index in [0.717, 1.165) is 0 Å². The maximum absolute atomic E-state index is 11.8. The Labute approximate surface area is 116 Å². The summed E-state index contributed by atoms with van der Waals surface area (Å²) < 4.78 is 0.701. The van der Waals surface area contributed by atoms with Crippen molar-refractivity contribution in [2.75, 3.05) is 11.9 Å². The molecule has 0 radical (unpaired) electrons. The van der Waals surface area contributed by atoms with Gasteiger partial charge in [-0.1, -0.05) is 13.8 Å². The number of carbonyl (C=O) groups excluding carboxylic acids is 1. The molecule has 0 saturated carbocycles. The summed E-state index contributed by atoms with van der Waals surface area (Å²) in [4.78, 5) is 20.1. The van der Waals surface area contributed by atoms with Crippen molar-refractivity contribution in [2.45, 2.75) is 33.7 Å². The van der Waals surface area contributed by atoms with Crippen molar-refractivity contribution in [2.24, 2.45) is 5.92 Å². The minimum absolute atomic E-state index is 0.0314. The molecule has 1 unspecified atom stereocenters. The average Bonchev–Trinajstić information content (AvgIpc) is 2.24. The van der Waals surface area contributed by atoms with Crippen LogP contribution in [0.5, 0.6) is 0 Å². The lowest BCUT2D eigenvalue weighted by atomic mass is 10.2. The smallest absolute Gasteiger partial charge is 0.242 e. The first-order valence-corrected chi connectivity index (χ1v) is 6.73. The molecule has 18 heavy (non-hydrogen) atoms. The van der Waals surface area contributed by atoms with Gasteiger partial charge in [0.25, 0.3) is 0 Å². The topological polar surface area (TPSA) is 66.9 Å². The molecule has 6 heteroatoms. The number of amides is 1. The van der Waals surface area contributed by atoms with Crippen LogP contribution in [-0.4, -0.2) is 28.5 Å². The van der Waals surface area contributed by atoms with Crippen LogP contribution in [0.1, 0.15) is 26.6 Å². The van der Waals surface area contributed by atoms with Gasteiger partial charge in [-0.15, -0.1) is 0 Å². The Kier molecular flexibility index (Phi) is 5.53. The molecule has 1 atom stereocenters. The van der Waals surface area contributed by atoms with Gasteiger partial charge in [0.05, 0.1) is 0 Å². The van der Waals surface area contributed by atoms with E-state index in [1.807, 2.05) is 0 Å². The predicted molar refractivity (Wildman–Crippen MR) is 75.4 cm³/mol. The van der Waals surface area contributed by atoms with Crippen molar-refractivity contribution in [1.29, 1.82) is 0 Å². The summed E-state index contributed by atoms with van der Waals surface area (Å²) in [5.41, 5.74) is 0. The predicted octanol–water partition coefficient (Wildman–Crippen LogP) is 2.12. The fourth-order valence-electron chi connectivity index (χ4n) is 1.35. The molecule has 2 N–H and O–H groups in total. The van der Waals surface area contributed by atoms with Gasteiger partial charge in [-0.25, -0.2) is 9.97 Å². The van der Waals surface area contributed by atoms with Crippen molar-refractivity contribution >= 4 is 27.7 Å². The molecule has 0 aliphatic heterocycles. The summed E-state index contributed by atoms with van der Waals surface area (Å²) >= 11 is 3.30. The molecule has 1 aromatic heterocycles. The Bertz CT molecular complexity index is 402.